The number of ether oxygens (including phenoxy) is 1. The van der Waals surface area contributed by atoms with Crippen LogP contribution in [0.5, 0.6) is 5.75 Å². The van der Waals surface area contributed by atoms with Crippen molar-refractivity contribution in [1.29, 1.82) is 0 Å². The third-order valence-corrected chi connectivity index (χ3v) is 3.76. The monoisotopic (exact) mass is 331 g/mol. The van der Waals surface area contributed by atoms with Crippen LogP contribution in [0.15, 0.2) is 42.5 Å². The van der Waals surface area contributed by atoms with Gasteiger partial charge < -0.3 is 10.1 Å². The molecule has 122 valence electrons. The third-order valence-electron chi connectivity index (χ3n) is 3.53. The fourth-order valence-corrected chi connectivity index (χ4v) is 2.21. The molecular formula is C19H22ClNO2. The predicted molar refractivity (Wildman–Crippen MR) is 95.5 cm³/mol. The maximum atomic E-state index is 12.3. The Labute approximate surface area is 142 Å². The minimum absolute atomic E-state index is 0.163. The van der Waals surface area contributed by atoms with E-state index in [1.54, 1.807) is 24.3 Å². The van der Waals surface area contributed by atoms with E-state index in [1.807, 2.05) is 25.1 Å². The van der Waals surface area contributed by atoms with Gasteiger partial charge in [-0.3, -0.25) is 4.79 Å². The van der Waals surface area contributed by atoms with E-state index in [-0.39, 0.29) is 5.91 Å². The van der Waals surface area contributed by atoms with E-state index in [4.69, 9.17) is 16.3 Å². The molecule has 0 aliphatic carbocycles. The molecule has 0 atom stereocenters. The standard InChI is InChI=1S/C19H22ClNO2/c1-13(2)10-11-23-17-8-5-15(6-9-17)19(22)21-18-12-16(20)7-4-14(18)3/h4-9,12-13H,10-11H2,1-3H3,(H,21,22). The van der Waals surface area contributed by atoms with Gasteiger partial charge in [0.2, 0.25) is 0 Å². The second kappa shape index (κ2) is 8.02. The molecular weight excluding hydrogens is 310 g/mol. The van der Waals surface area contributed by atoms with E-state index in [1.165, 1.54) is 0 Å². The lowest BCUT2D eigenvalue weighted by atomic mass is 10.1. The molecule has 0 heterocycles. The molecule has 2 aromatic rings. The predicted octanol–water partition coefficient (Wildman–Crippen LogP) is 5.33. The van der Waals surface area contributed by atoms with Crippen LogP contribution >= 0.6 is 11.6 Å². The fourth-order valence-electron chi connectivity index (χ4n) is 2.04. The van der Waals surface area contributed by atoms with Gasteiger partial charge in [-0.25, -0.2) is 0 Å². The Balaban J connectivity index is 1.98. The summed E-state index contributed by atoms with van der Waals surface area (Å²) in [5, 5.41) is 3.48. The van der Waals surface area contributed by atoms with Gasteiger partial charge in [-0.05, 0) is 61.2 Å². The van der Waals surface area contributed by atoms with Crippen molar-refractivity contribution in [2.24, 2.45) is 5.92 Å². The lowest BCUT2D eigenvalue weighted by Gasteiger charge is -2.10. The molecule has 0 fully saturated rings. The first kappa shape index (κ1) is 17.4. The SMILES string of the molecule is Cc1ccc(Cl)cc1NC(=O)c1ccc(OCCC(C)C)cc1. The van der Waals surface area contributed by atoms with Crippen molar-refractivity contribution in [2.45, 2.75) is 27.2 Å². The molecule has 1 amide bonds. The van der Waals surface area contributed by atoms with Gasteiger partial charge in [0.25, 0.3) is 5.91 Å². The average molecular weight is 332 g/mol. The Bertz CT molecular complexity index is 666. The quantitative estimate of drug-likeness (QED) is 0.777. The molecule has 0 aromatic heterocycles. The average Bonchev–Trinajstić information content (AvgIpc) is 2.51. The Morgan fingerprint density at radius 2 is 1.87 bits per heavy atom. The molecule has 0 saturated heterocycles. The molecule has 0 saturated carbocycles. The molecule has 0 radical (unpaired) electrons. The maximum Gasteiger partial charge on any atom is 0.255 e. The minimum Gasteiger partial charge on any atom is -0.494 e. The first-order chi connectivity index (χ1) is 11.0. The molecule has 3 nitrogen and oxygen atoms in total. The maximum absolute atomic E-state index is 12.3. The topological polar surface area (TPSA) is 38.3 Å². The largest absolute Gasteiger partial charge is 0.494 e. The van der Waals surface area contributed by atoms with Gasteiger partial charge in [-0.15, -0.1) is 0 Å². The van der Waals surface area contributed by atoms with Crippen molar-refractivity contribution >= 4 is 23.2 Å². The van der Waals surface area contributed by atoms with E-state index in [9.17, 15) is 4.79 Å². The lowest BCUT2D eigenvalue weighted by molar-refractivity contribution is 0.102. The molecule has 2 rings (SSSR count). The van der Waals surface area contributed by atoms with E-state index in [0.29, 0.717) is 23.1 Å². The Hall–Kier alpha value is -2.00. The van der Waals surface area contributed by atoms with Crippen LogP contribution in [0.4, 0.5) is 5.69 Å². The lowest BCUT2D eigenvalue weighted by Crippen LogP contribution is -2.12. The van der Waals surface area contributed by atoms with Crippen LogP contribution in [0.3, 0.4) is 0 Å². The van der Waals surface area contributed by atoms with Gasteiger partial charge in [0, 0.05) is 16.3 Å². The highest BCUT2D eigenvalue weighted by atomic mass is 35.5. The highest BCUT2D eigenvalue weighted by Gasteiger charge is 2.08. The molecule has 1 N–H and O–H groups in total. The first-order valence-electron chi connectivity index (χ1n) is 7.76. The van der Waals surface area contributed by atoms with Gasteiger partial charge in [-0.2, -0.15) is 0 Å². The zero-order valence-corrected chi connectivity index (χ0v) is 14.5. The van der Waals surface area contributed by atoms with Crippen LogP contribution in [-0.2, 0) is 0 Å². The summed E-state index contributed by atoms with van der Waals surface area (Å²) in [4.78, 5) is 12.3. The van der Waals surface area contributed by atoms with Crippen LogP contribution in [0.25, 0.3) is 0 Å². The smallest absolute Gasteiger partial charge is 0.255 e. The van der Waals surface area contributed by atoms with E-state index < -0.39 is 0 Å². The summed E-state index contributed by atoms with van der Waals surface area (Å²) < 4.78 is 5.66. The number of hydrogen-bond donors (Lipinski definition) is 1. The highest BCUT2D eigenvalue weighted by molar-refractivity contribution is 6.31. The van der Waals surface area contributed by atoms with Crippen molar-refractivity contribution in [3.63, 3.8) is 0 Å². The fraction of sp³-hybridized carbons (Fsp3) is 0.316. The number of halogens is 1. The van der Waals surface area contributed by atoms with Crippen molar-refractivity contribution < 1.29 is 9.53 Å². The number of carbonyl (C=O) groups is 1. The van der Waals surface area contributed by atoms with Gasteiger partial charge in [-0.1, -0.05) is 31.5 Å². The number of rotatable bonds is 6. The highest BCUT2D eigenvalue weighted by Crippen LogP contribution is 2.21. The number of carbonyl (C=O) groups excluding carboxylic acids is 1. The Morgan fingerprint density at radius 3 is 2.52 bits per heavy atom. The van der Waals surface area contributed by atoms with Gasteiger partial charge in [0.15, 0.2) is 0 Å². The number of amides is 1. The molecule has 0 spiro atoms. The van der Waals surface area contributed by atoms with Gasteiger partial charge in [0.05, 0.1) is 6.61 Å². The summed E-state index contributed by atoms with van der Waals surface area (Å²) in [5.41, 5.74) is 2.27. The molecule has 4 heteroatoms. The molecule has 23 heavy (non-hydrogen) atoms. The van der Waals surface area contributed by atoms with Crippen LogP contribution in [0.2, 0.25) is 5.02 Å². The molecule has 0 bridgehead atoms. The normalized spacial score (nSPS) is 10.7. The van der Waals surface area contributed by atoms with Crippen molar-refractivity contribution in [3.05, 3.63) is 58.6 Å². The molecule has 0 aliphatic heterocycles. The number of hydrogen-bond acceptors (Lipinski definition) is 2. The Morgan fingerprint density at radius 1 is 1.17 bits per heavy atom. The zero-order valence-electron chi connectivity index (χ0n) is 13.7. The summed E-state index contributed by atoms with van der Waals surface area (Å²) in [6, 6.07) is 12.6. The number of nitrogens with one attached hydrogen (secondary N) is 1. The second-order valence-electron chi connectivity index (χ2n) is 5.97. The van der Waals surface area contributed by atoms with Crippen LogP contribution in [0.1, 0.15) is 36.2 Å². The van der Waals surface area contributed by atoms with Crippen molar-refractivity contribution in [1.82, 2.24) is 0 Å². The minimum atomic E-state index is -0.163. The van der Waals surface area contributed by atoms with Crippen LogP contribution < -0.4 is 10.1 Å². The molecule has 2 aromatic carbocycles. The van der Waals surface area contributed by atoms with Crippen molar-refractivity contribution in [2.75, 3.05) is 11.9 Å². The third kappa shape index (κ3) is 5.29. The summed E-state index contributed by atoms with van der Waals surface area (Å²) in [5.74, 6) is 1.23. The summed E-state index contributed by atoms with van der Waals surface area (Å²) in [6.45, 7) is 6.94. The number of anilines is 1. The van der Waals surface area contributed by atoms with Gasteiger partial charge in [0.1, 0.15) is 5.75 Å². The summed E-state index contributed by atoms with van der Waals surface area (Å²) >= 11 is 5.97. The molecule has 0 unspecified atom stereocenters. The number of benzene rings is 2. The summed E-state index contributed by atoms with van der Waals surface area (Å²) in [6.07, 6.45) is 1.01. The van der Waals surface area contributed by atoms with E-state index in [2.05, 4.69) is 19.2 Å². The summed E-state index contributed by atoms with van der Waals surface area (Å²) in [7, 11) is 0. The van der Waals surface area contributed by atoms with Gasteiger partial charge >= 0.3 is 0 Å². The Kier molecular flexibility index (Phi) is 6.05. The van der Waals surface area contributed by atoms with Crippen LogP contribution in [-0.4, -0.2) is 12.5 Å². The first-order valence-corrected chi connectivity index (χ1v) is 8.14. The molecule has 0 aliphatic rings. The van der Waals surface area contributed by atoms with E-state index >= 15 is 0 Å². The van der Waals surface area contributed by atoms with Crippen molar-refractivity contribution in [3.8, 4) is 5.75 Å². The zero-order chi connectivity index (χ0) is 16.8. The number of aryl methyl sites for hydroxylation is 1. The van der Waals surface area contributed by atoms with Crippen LogP contribution in [0, 0.1) is 12.8 Å². The van der Waals surface area contributed by atoms with E-state index in [0.717, 1.165) is 23.4 Å². The second-order valence-corrected chi connectivity index (χ2v) is 6.41.